The fourth-order valence-corrected chi connectivity index (χ4v) is 2.16. The van der Waals surface area contributed by atoms with Gasteiger partial charge in [0.15, 0.2) is 0 Å². The lowest BCUT2D eigenvalue weighted by Gasteiger charge is -2.12. The summed E-state index contributed by atoms with van der Waals surface area (Å²) >= 11 is 0. The third-order valence-corrected chi connectivity index (χ3v) is 3.13. The maximum absolute atomic E-state index is 13.2. The highest BCUT2D eigenvalue weighted by Crippen LogP contribution is 2.36. The number of aryl methyl sites for hydroxylation is 1. The summed E-state index contributed by atoms with van der Waals surface area (Å²) in [6.45, 7) is 1.74. The summed E-state index contributed by atoms with van der Waals surface area (Å²) in [5.41, 5.74) is 1.15. The van der Waals surface area contributed by atoms with Gasteiger partial charge in [0.05, 0.1) is 23.0 Å². The Labute approximate surface area is 112 Å². The summed E-state index contributed by atoms with van der Waals surface area (Å²) in [5, 5.41) is 6.63. The molecule has 0 radical (unpaired) electrons. The fraction of sp³-hybridized carbons (Fsp3) is 0.143. The highest BCUT2D eigenvalue weighted by atomic mass is 19.4. The summed E-state index contributed by atoms with van der Waals surface area (Å²) in [6.07, 6.45) is -2.94. The van der Waals surface area contributed by atoms with Gasteiger partial charge in [-0.2, -0.15) is 18.3 Å². The Morgan fingerprint density at radius 3 is 2.55 bits per heavy atom. The van der Waals surface area contributed by atoms with E-state index < -0.39 is 11.7 Å². The smallest absolute Gasteiger partial charge is 0.282 e. The van der Waals surface area contributed by atoms with E-state index in [1.165, 1.54) is 12.3 Å². The van der Waals surface area contributed by atoms with Crippen LogP contribution in [0.1, 0.15) is 11.3 Å². The predicted octanol–water partition coefficient (Wildman–Crippen LogP) is 3.95. The van der Waals surface area contributed by atoms with Crippen LogP contribution in [-0.2, 0) is 6.18 Å². The highest BCUT2D eigenvalue weighted by molar-refractivity contribution is 5.85. The molecule has 0 aliphatic carbocycles. The van der Waals surface area contributed by atoms with Crippen LogP contribution in [0.5, 0.6) is 0 Å². The van der Waals surface area contributed by atoms with Crippen molar-refractivity contribution in [3.05, 3.63) is 47.8 Å². The first kappa shape index (κ1) is 12.7. The van der Waals surface area contributed by atoms with E-state index in [2.05, 4.69) is 15.2 Å². The van der Waals surface area contributed by atoms with Gasteiger partial charge in [0.2, 0.25) is 0 Å². The molecule has 0 aliphatic rings. The maximum Gasteiger partial charge on any atom is 0.417 e. The first-order valence-corrected chi connectivity index (χ1v) is 5.94. The van der Waals surface area contributed by atoms with Crippen LogP contribution < -0.4 is 0 Å². The molecular weight excluding hydrogens is 267 g/mol. The molecule has 0 spiro atoms. The predicted molar refractivity (Wildman–Crippen MR) is 69.1 cm³/mol. The number of hydrogen-bond donors (Lipinski definition) is 1. The first-order chi connectivity index (χ1) is 9.47. The van der Waals surface area contributed by atoms with Crippen LogP contribution in [0.3, 0.4) is 0 Å². The molecule has 20 heavy (non-hydrogen) atoms. The zero-order valence-corrected chi connectivity index (χ0v) is 10.5. The second kappa shape index (κ2) is 4.33. The zero-order chi connectivity index (χ0) is 14.3. The second-order valence-electron chi connectivity index (χ2n) is 4.48. The number of halogens is 3. The Morgan fingerprint density at radius 1 is 1.15 bits per heavy atom. The Balaban J connectivity index is 2.34. The summed E-state index contributed by atoms with van der Waals surface area (Å²) in [4.78, 5) is 4.29. The molecular formula is C14H10F3N3. The third-order valence-electron chi connectivity index (χ3n) is 3.13. The minimum absolute atomic E-state index is 0.102. The van der Waals surface area contributed by atoms with E-state index in [1.54, 1.807) is 25.1 Å². The number of aromatic amines is 1. The van der Waals surface area contributed by atoms with Gasteiger partial charge in [0.25, 0.3) is 0 Å². The van der Waals surface area contributed by atoms with E-state index >= 15 is 0 Å². The van der Waals surface area contributed by atoms with E-state index in [4.69, 9.17) is 0 Å². The molecule has 0 saturated heterocycles. The molecule has 0 aliphatic heterocycles. The summed E-state index contributed by atoms with van der Waals surface area (Å²) in [7, 11) is 0. The molecule has 0 atom stereocenters. The molecule has 6 heteroatoms. The van der Waals surface area contributed by atoms with E-state index in [-0.39, 0.29) is 11.1 Å². The number of fused-ring (bicyclic) bond motifs is 1. The minimum Gasteiger partial charge on any atom is -0.282 e. The van der Waals surface area contributed by atoms with Gasteiger partial charge in [-0.25, -0.2) is 4.98 Å². The molecule has 1 aromatic carbocycles. The number of alkyl halides is 3. The molecule has 2 aromatic heterocycles. The van der Waals surface area contributed by atoms with Crippen molar-refractivity contribution in [3.8, 4) is 11.3 Å². The van der Waals surface area contributed by atoms with Gasteiger partial charge in [-0.15, -0.1) is 0 Å². The van der Waals surface area contributed by atoms with E-state index in [9.17, 15) is 13.2 Å². The molecule has 0 fully saturated rings. The van der Waals surface area contributed by atoms with E-state index in [1.807, 2.05) is 0 Å². The average molecular weight is 277 g/mol. The number of pyridine rings is 1. The standard InChI is InChI=1S/C14H10F3N3/c1-8-10(7-18-20-8)13-6-11(14(15,16)17)9-4-2-3-5-12(9)19-13/h2-7H,1H3,(H,18,20). The first-order valence-electron chi connectivity index (χ1n) is 5.94. The highest BCUT2D eigenvalue weighted by Gasteiger charge is 2.33. The molecule has 3 rings (SSSR count). The second-order valence-corrected chi connectivity index (χ2v) is 4.48. The lowest BCUT2D eigenvalue weighted by Crippen LogP contribution is -2.07. The molecule has 1 N–H and O–H groups in total. The maximum atomic E-state index is 13.2. The van der Waals surface area contributed by atoms with Crippen molar-refractivity contribution in [2.75, 3.05) is 0 Å². The van der Waals surface area contributed by atoms with Crippen molar-refractivity contribution in [2.24, 2.45) is 0 Å². The summed E-state index contributed by atoms with van der Waals surface area (Å²) in [6, 6.07) is 7.31. The van der Waals surface area contributed by atoms with Crippen LogP contribution in [0.15, 0.2) is 36.5 Å². The van der Waals surface area contributed by atoms with Crippen molar-refractivity contribution in [1.29, 1.82) is 0 Å². The van der Waals surface area contributed by atoms with Gasteiger partial charge >= 0.3 is 6.18 Å². The largest absolute Gasteiger partial charge is 0.417 e. The van der Waals surface area contributed by atoms with Crippen molar-refractivity contribution in [2.45, 2.75) is 13.1 Å². The molecule has 102 valence electrons. The van der Waals surface area contributed by atoms with Gasteiger partial charge in [0.1, 0.15) is 0 Å². The monoisotopic (exact) mass is 277 g/mol. The molecule has 2 heterocycles. The van der Waals surface area contributed by atoms with Crippen molar-refractivity contribution >= 4 is 10.9 Å². The van der Waals surface area contributed by atoms with E-state index in [0.29, 0.717) is 16.8 Å². The number of aromatic nitrogens is 3. The number of nitrogens with zero attached hydrogens (tertiary/aromatic N) is 2. The lowest BCUT2D eigenvalue weighted by atomic mass is 10.0. The average Bonchev–Trinajstić information content (AvgIpc) is 2.82. The molecule has 3 nitrogen and oxygen atoms in total. The number of rotatable bonds is 1. The number of para-hydroxylation sites is 1. The lowest BCUT2D eigenvalue weighted by molar-refractivity contribution is -0.136. The van der Waals surface area contributed by atoms with Gasteiger partial charge in [-0.3, -0.25) is 5.10 Å². The molecule has 0 saturated carbocycles. The summed E-state index contributed by atoms with van der Waals surface area (Å²) < 4.78 is 39.6. The van der Waals surface area contributed by atoms with Gasteiger partial charge in [-0.05, 0) is 19.1 Å². The zero-order valence-electron chi connectivity index (χ0n) is 10.5. The van der Waals surface area contributed by atoms with Crippen LogP contribution in [0.25, 0.3) is 22.2 Å². The molecule has 3 aromatic rings. The van der Waals surface area contributed by atoms with E-state index in [0.717, 1.165) is 6.07 Å². The van der Waals surface area contributed by atoms with Gasteiger partial charge in [-0.1, -0.05) is 18.2 Å². The van der Waals surface area contributed by atoms with Crippen molar-refractivity contribution in [3.63, 3.8) is 0 Å². The molecule has 0 amide bonds. The molecule has 0 unspecified atom stereocenters. The Hall–Kier alpha value is -2.37. The number of nitrogens with one attached hydrogen (secondary N) is 1. The van der Waals surface area contributed by atoms with Crippen LogP contribution >= 0.6 is 0 Å². The number of H-pyrrole nitrogens is 1. The molecule has 0 bridgehead atoms. The number of benzene rings is 1. The van der Waals surface area contributed by atoms with Crippen LogP contribution in [0.2, 0.25) is 0 Å². The van der Waals surface area contributed by atoms with Gasteiger partial charge < -0.3 is 0 Å². The summed E-state index contributed by atoms with van der Waals surface area (Å²) in [5.74, 6) is 0. The fourth-order valence-electron chi connectivity index (χ4n) is 2.16. The Kier molecular flexibility index (Phi) is 2.74. The van der Waals surface area contributed by atoms with Crippen LogP contribution in [0.4, 0.5) is 13.2 Å². The quantitative estimate of drug-likeness (QED) is 0.731. The Bertz CT molecular complexity index is 775. The minimum atomic E-state index is -4.42. The topological polar surface area (TPSA) is 41.6 Å². The normalized spacial score (nSPS) is 12.0. The van der Waals surface area contributed by atoms with Crippen LogP contribution in [0, 0.1) is 6.92 Å². The van der Waals surface area contributed by atoms with Crippen molar-refractivity contribution < 1.29 is 13.2 Å². The third kappa shape index (κ3) is 2.03. The SMILES string of the molecule is Cc1[nH]ncc1-c1cc(C(F)(F)F)c2ccccc2n1. The number of hydrogen-bond acceptors (Lipinski definition) is 2. The van der Waals surface area contributed by atoms with Gasteiger partial charge in [0, 0.05) is 16.6 Å². The van der Waals surface area contributed by atoms with Crippen LogP contribution in [-0.4, -0.2) is 15.2 Å². The Morgan fingerprint density at radius 2 is 1.90 bits per heavy atom. The van der Waals surface area contributed by atoms with Crippen molar-refractivity contribution in [1.82, 2.24) is 15.2 Å².